The Bertz CT molecular complexity index is 594. The molecule has 0 aliphatic carbocycles. The fourth-order valence-corrected chi connectivity index (χ4v) is 2.89. The van der Waals surface area contributed by atoms with E-state index in [2.05, 4.69) is 0 Å². The van der Waals surface area contributed by atoms with Crippen molar-refractivity contribution in [1.29, 1.82) is 0 Å². The fourth-order valence-electron chi connectivity index (χ4n) is 1.80. The number of hydrogen-bond donors (Lipinski definition) is 1. The molecule has 0 bridgehead atoms. The van der Waals surface area contributed by atoms with Crippen LogP contribution in [0.3, 0.4) is 0 Å². The van der Waals surface area contributed by atoms with E-state index in [9.17, 15) is 4.21 Å². The van der Waals surface area contributed by atoms with Gasteiger partial charge in [-0.25, -0.2) is 0 Å². The predicted octanol–water partition coefficient (Wildman–Crippen LogP) is 2.89. The van der Waals surface area contributed by atoms with Crippen molar-refractivity contribution in [2.45, 2.75) is 17.6 Å². The number of methoxy groups -OCH3 is 1. The standard InChI is InChI=1S/C15H17NO2S/c1-11-3-6-13(7-4-11)19(17)10-12-5-8-15(18-2)14(16)9-12/h3-9H,10,16H2,1-2H3. The van der Waals surface area contributed by atoms with Crippen LogP contribution in [0.2, 0.25) is 0 Å². The number of hydrogen-bond acceptors (Lipinski definition) is 3. The minimum atomic E-state index is -1.06. The van der Waals surface area contributed by atoms with E-state index in [4.69, 9.17) is 10.5 Å². The molecule has 0 aliphatic heterocycles. The fraction of sp³-hybridized carbons (Fsp3) is 0.200. The number of nitrogens with two attached hydrogens (primary N) is 1. The van der Waals surface area contributed by atoms with E-state index in [-0.39, 0.29) is 0 Å². The number of ether oxygens (including phenoxy) is 1. The van der Waals surface area contributed by atoms with E-state index in [1.165, 1.54) is 0 Å². The van der Waals surface area contributed by atoms with Crippen LogP contribution in [0.5, 0.6) is 5.75 Å². The highest BCUT2D eigenvalue weighted by molar-refractivity contribution is 7.84. The monoisotopic (exact) mass is 275 g/mol. The molecule has 2 aromatic carbocycles. The van der Waals surface area contributed by atoms with E-state index in [0.717, 1.165) is 16.0 Å². The minimum Gasteiger partial charge on any atom is -0.495 e. The largest absolute Gasteiger partial charge is 0.495 e. The Morgan fingerprint density at radius 2 is 1.84 bits per heavy atom. The third kappa shape index (κ3) is 3.35. The SMILES string of the molecule is COc1ccc(CS(=O)c2ccc(C)cc2)cc1N. The van der Waals surface area contributed by atoms with Gasteiger partial charge < -0.3 is 10.5 Å². The smallest absolute Gasteiger partial charge is 0.141 e. The summed E-state index contributed by atoms with van der Waals surface area (Å²) >= 11 is 0. The summed E-state index contributed by atoms with van der Waals surface area (Å²) in [6.45, 7) is 2.01. The molecule has 0 radical (unpaired) electrons. The first-order chi connectivity index (χ1) is 9.10. The highest BCUT2D eigenvalue weighted by Gasteiger charge is 2.07. The molecule has 100 valence electrons. The molecule has 0 saturated carbocycles. The van der Waals surface area contributed by atoms with Crippen molar-refractivity contribution in [2.24, 2.45) is 0 Å². The molecule has 2 N–H and O–H groups in total. The quantitative estimate of drug-likeness (QED) is 0.873. The van der Waals surface area contributed by atoms with Gasteiger partial charge in [0.05, 0.1) is 29.3 Å². The lowest BCUT2D eigenvalue weighted by Crippen LogP contribution is -1.99. The molecule has 0 aromatic heterocycles. The second-order valence-corrected chi connectivity index (χ2v) is 5.83. The van der Waals surface area contributed by atoms with Crippen LogP contribution in [0, 0.1) is 6.92 Å². The summed E-state index contributed by atoms with van der Waals surface area (Å²) in [7, 11) is 0.523. The summed E-state index contributed by atoms with van der Waals surface area (Å²) in [5.41, 5.74) is 8.52. The van der Waals surface area contributed by atoms with Gasteiger partial charge in [-0.05, 0) is 36.8 Å². The Labute approximate surface area is 115 Å². The Morgan fingerprint density at radius 1 is 1.16 bits per heavy atom. The van der Waals surface area contributed by atoms with Gasteiger partial charge in [0.25, 0.3) is 0 Å². The second kappa shape index (κ2) is 5.89. The summed E-state index contributed by atoms with van der Waals surface area (Å²) in [6, 6.07) is 13.2. The molecule has 0 fully saturated rings. The van der Waals surface area contributed by atoms with Gasteiger partial charge in [0.2, 0.25) is 0 Å². The summed E-state index contributed by atoms with van der Waals surface area (Å²) in [6.07, 6.45) is 0. The number of rotatable bonds is 4. The van der Waals surface area contributed by atoms with E-state index in [1.807, 2.05) is 43.3 Å². The van der Waals surface area contributed by atoms with Crippen LogP contribution < -0.4 is 10.5 Å². The molecule has 0 spiro atoms. The van der Waals surface area contributed by atoms with Gasteiger partial charge in [0.15, 0.2) is 0 Å². The maximum absolute atomic E-state index is 12.2. The van der Waals surface area contributed by atoms with E-state index in [1.54, 1.807) is 13.2 Å². The molecule has 0 saturated heterocycles. The first-order valence-corrected chi connectivity index (χ1v) is 7.29. The zero-order chi connectivity index (χ0) is 13.8. The number of benzene rings is 2. The third-order valence-corrected chi connectivity index (χ3v) is 4.27. The number of aryl methyl sites for hydroxylation is 1. The molecule has 2 rings (SSSR count). The van der Waals surface area contributed by atoms with Crippen molar-refractivity contribution in [3.05, 3.63) is 53.6 Å². The van der Waals surface area contributed by atoms with Crippen LogP contribution in [0.15, 0.2) is 47.4 Å². The minimum absolute atomic E-state index is 0.456. The van der Waals surface area contributed by atoms with Crippen molar-refractivity contribution in [3.8, 4) is 5.75 Å². The summed E-state index contributed by atoms with van der Waals surface area (Å²) in [5, 5.41) is 0. The van der Waals surface area contributed by atoms with Gasteiger partial charge >= 0.3 is 0 Å². The first-order valence-electron chi connectivity index (χ1n) is 5.97. The summed E-state index contributed by atoms with van der Waals surface area (Å²) < 4.78 is 17.3. The lowest BCUT2D eigenvalue weighted by molar-refractivity contribution is 0.417. The molecule has 0 aliphatic rings. The topological polar surface area (TPSA) is 52.3 Å². The van der Waals surface area contributed by atoms with Gasteiger partial charge in [-0.1, -0.05) is 23.8 Å². The van der Waals surface area contributed by atoms with Gasteiger partial charge in [0.1, 0.15) is 5.75 Å². The van der Waals surface area contributed by atoms with Crippen LogP contribution >= 0.6 is 0 Å². The molecule has 3 nitrogen and oxygen atoms in total. The molecule has 4 heteroatoms. The zero-order valence-corrected chi connectivity index (χ0v) is 11.9. The average Bonchev–Trinajstić information content (AvgIpc) is 2.39. The normalized spacial score (nSPS) is 12.1. The molecule has 1 atom stereocenters. The Hall–Kier alpha value is -1.81. The highest BCUT2D eigenvalue weighted by atomic mass is 32.2. The van der Waals surface area contributed by atoms with Crippen LogP contribution in [-0.4, -0.2) is 11.3 Å². The number of anilines is 1. The molecular weight excluding hydrogens is 258 g/mol. The molecule has 1 unspecified atom stereocenters. The summed E-state index contributed by atoms with van der Waals surface area (Å²) in [5.74, 6) is 1.10. The van der Waals surface area contributed by atoms with Crippen LogP contribution in [-0.2, 0) is 16.6 Å². The van der Waals surface area contributed by atoms with Crippen molar-refractivity contribution in [3.63, 3.8) is 0 Å². The summed E-state index contributed by atoms with van der Waals surface area (Å²) in [4.78, 5) is 0.833. The lowest BCUT2D eigenvalue weighted by Gasteiger charge is -2.07. The Morgan fingerprint density at radius 3 is 2.42 bits per heavy atom. The molecular formula is C15H17NO2S. The molecule has 19 heavy (non-hydrogen) atoms. The lowest BCUT2D eigenvalue weighted by atomic mass is 10.2. The van der Waals surface area contributed by atoms with E-state index in [0.29, 0.717) is 17.2 Å². The van der Waals surface area contributed by atoms with Gasteiger partial charge in [0, 0.05) is 4.90 Å². The van der Waals surface area contributed by atoms with Crippen molar-refractivity contribution < 1.29 is 8.95 Å². The van der Waals surface area contributed by atoms with Crippen molar-refractivity contribution in [2.75, 3.05) is 12.8 Å². The highest BCUT2D eigenvalue weighted by Crippen LogP contribution is 2.23. The van der Waals surface area contributed by atoms with E-state index >= 15 is 0 Å². The molecule has 0 amide bonds. The predicted molar refractivity (Wildman–Crippen MR) is 78.7 cm³/mol. The molecule has 2 aromatic rings. The van der Waals surface area contributed by atoms with Gasteiger partial charge in [-0.3, -0.25) is 4.21 Å². The van der Waals surface area contributed by atoms with Gasteiger partial charge in [-0.15, -0.1) is 0 Å². The van der Waals surface area contributed by atoms with Crippen LogP contribution in [0.1, 0.15) is 11.1 Å². The maximum Gasteiger partial charge on any atom is 0.141 e. The maximum atomic E-state index is 12.2. The van der Waals surface area contributed by atoms with Crippen LogP contribution in [0.4, 0.5) is 5.69 Å². The Balaban J connectivity index is 2.14. The molecule has 0 heterocycles. The Kier molecular flexibility index (Phi) is 4.22. The van der Waals surface area contributed by atoms with Crippen molar-refractivity contribution >= 4 is 16.5 Å². The average molecular weight is 275 g/mol. The number of nitrogen functional groups attached to an aromatic ring is 1. The van der Waals surface area contributed by atoms with Crippen LogP contribution in [0.25, 0.3) is 0 Å². The first kappa shape index (κ1) is 13.6. The van der Waals surface area contributed by atoms with Crippen molar-refractivity contribution in [1.82, 2.24) is 0 Å². The zero-order valence-electron chi connectivity index (χ0n) is 11.1. The third-order valence-electron chi connectivity index (χ3n) is 2.88. The second-order valence-electron chi connectivity index (χ2n) is 4.38. The van der Waals surface area contributed by atoms with E-state index < -0.39 is 10.8 Å². The van der Waals surface area contributed by atoms with Gasteiger partial charge in [-0.2, -0.15) is 0 Å².